The summed E-state index contributed by atoms with van der Waals surface area (Å²) in [7, 11) is 1.28. The number of benzene rings is 1. The minimum atomic E-state index is -0.683. The molecule has 0 fully saturated rings. The van der Waals surface area contributed by atoms with E-state index in [4.69, 9.17) is 0 Å². The summed E-state index contributed by atoms with van der Waals surface area (Å²) < 4.78 is 18.9. The molecular formula is C15H19BrFNO3. The molecule has 1 N–H and O–H groups in total. The minimum Gasteiger partial charge on any atom is -0.467 e. The van der Waals surface area contributed by atoms with Crippen molar-refractivity contribution in [2.45, 2.75) is 32.7 Å². The Morgan fingerprint density at radius 3 is 2.57 bits per heavy atom. The molecule has 1 aromatic carbocycles. The summed E-state index contributed by atoms with van der Waals surface area (Å²) in [5.41, 5.74) is 0.465. The molecule has 0 aliphatic carbocycles. The van der Waals surface area contributed by atoms with E-state index in [1.54, 1.807) is 12.1 Å². The van der Waals surface area contributed by atoms with E-state index in [0.29, 0.717) is 10.0 Å². The van der Waals surface area contributed by atoms with Crippen LogP contribution in [0, 0.1) is 11.7 Å². The number of aryl methyl sites for hydroxylation is 1. The Balaban J connectivity index is 2.58. The molecule has 1 rings (SSSR count). The van der Waals surface area contributed by atoms with Crippen LogP contribution in [0.25, 0.3) is 0 Å². The number of carbonyl (C=O) groups excluding carboxylic acids is 2. The fourth-order valence-electron chi connectivity index (χ4n) is 1.84. The normalized spacial score (nSPS) is 12.1. The molecule has 1 amide bonds. The zero-order valence-electron chi connectivity index (χ0n) is 12.3. The van der Waals surface area contributed by atoms with Gasteiger partial charge in [-0.15, -0.1) is 0 Å². The summed E-state index contributed by atoms with van der Waals surface area (Å²) in [5.74, 6) is -1.22. The lowest BCUT2D eigenvalue weighted by molar-refractivity contribution is -0.146. The van der Waals surface area contributed by atoms with Crippen LogP contribution in [-0.4, -0.2) is 25.0 Å². The highest BCUT2D eigenvalue weighted by Gasteiger charge is 2.24. The van der Waals surface area contributed by atoms with Crippen molar-refractivity contribution in [2.24, 2.45) is 5.92 Å². The Labute approximate surface area is 132 Å². The monoisotopic (exact) mass is 359 g/mol. The summed E-state index contributed by atoms with van der Waals surface area (Å²) in [4.78, 5) is 23.4. The van der Waals surface area contributed by atoms with Gasteiger partial charge in [-0.1, -0.05) is 35.8 Å². The SMILES string of the molecule is COC(=O)C(NC(=O)CCc1ccc(Br)cc1F)C(C)C. The molecule has 0 aromatic heterocycles. The fourth-order valence-corrected chi connectivity index (χ4v) is 2.18. The second kappa shape index (κ2) is 8.12. The number of nitrogens with one attached hydrogen (secondary N) is 1. The number of ether oxygens (including phenoxy) is 1. The molecule has 0 heterocycles. The van der Waals surface area contributed by atoms with Crippen molar-refractivity contribution in [2.75, 3.05) is 7.11 Å². The summed E-state index contributed by atoms with van der Waals surface area (Å²) in [6.07, 6.45) is 0.385. The smallest absolute Gasteiger partial charge is 0.328 e. The maximum Gasteiger partial charge on any atom is 0.328 e. The van der Waals surface area contributed by atoms with E-state index in [2.05, 4.69) is 26.0 Å². The molecule has 0 saturated carbocycles. The van der Waals surface area contributed by atoms with Gasteiger partial charge >= 0.3 is 5.97 Å². The van der Waals surface area contributed by atoms with Crippen molar-refractivity contribution >= 4 is 27.8 Å². The Morgan fingerprint density at radius 1 is 1.38 bits per heavy atom. The van der Waals surface area contributed by atoms with E-state index in [1.807, 2.05) is 13.8 Å². The standard InChI is InChI=1S/C15H19BrFNO3/c1-9(2)14(15(20)21-3)18-13(19)7-5-10-4-6-11(16)8-12(10)17/h4,6,8-9,14H,5,7H2,1-3H3,(H,18,19). The van der Waals surface area contributed by atoms with Crippen molar-refractivity contribution in [1.82, 2.24) is 5.32 Å². The number of methoxy groups -OCH3 is 1. The number of halogens is 2. The van der Waals surface area contributed by atoms with Gasteiger partial charge < -0.3 is 10.1 Å². The maximum absolute atomic E-state index is 13.6. The van der Waals surface area contributed by atoms with Gasteiger partial charge in [0.1, 0.15) is 11.9 Å². The van der Waals surface area contributed by atoms with Crippen molar-refractivity contribution in [3.63, 3.8) is 0 Å². The first-order chi connectivity index (χ1) is 9.85. The number of hydrogen-bond acceptors (Lipinski definition) is 3. The van der Waals surface area contributed by atoms with Gasteiger partial charge in [-0.2, -0.15) is 0 Å². The van der Waals surface area contributed by atoms with E-state index in [0.717, 1.165) is 0 Å². The van der Waals surface area contributed by atoms with Crippen molar-refractivity contribution in [1.29, 1.82) is 0 Å². The van der Waals surface area contributed by atoms with Gasteiger partial charge in [0.2, 0.25) is 5.91 Å². The van der Waals surface area contributed by atoms with Gasteiger partial charge in [0, 0.05) is 10.9 Å². The van der Waals surface area contributed by atoms with Crippen LogP contribution in [0.4, 0.5) is 4.39 Å². The number of esters is 1. The third-order valence-corrected chi connectivity index (χ3v) is 3.57. The van der Waals surface area contributed by atoms with Gasteiger partial charge in [-0.3, -0.25) is 4.79 Å². The highest BCUT2D eigenvalue weighted by atomic mass is 79.9. The number of carbonyl (C=O) groups is 2. The average molecular weight is 360 g/mol. The first-order valence-corrected chi connectivity index (χ1v) is 7.45. The second-order valence-corrected chi connectivity index (χ2v) is 5.96. The van der Waals surface area contributed by atoms with Crippen LogP contribution < -0.4 is 5.32 Å². The quantitative estimate of drug-likeness (QED) is 0.794. The maximum atomic E-state index is 13.6. The molecule has 1 aromatic rings. The summed E-state index contributed by atoms with van der Waals surface area (Å²) in [6, 6.07) is 4.03. The number of rotatable bonds is 6. The number of hydrogen-bond donors (Lipinski definition) is 1. The lowest BCUT2D eigenvalue weighted by atomic mass is 10.0. The van der Waals surface area contributed by atoms with Crippen LogP contribution in [0.15, 0.2) is 22.7 Å². The van der Waals surface area contributed by atoms with Gasteiger partial charge in [0.05, 0.1) is 7.11 Å². The van der Waals surface area contributed by atoms with Crippen LogP contribution in [0.1, 0.15) is 25.8 Å². The molecule has 1 atom stereocenters. The van der Waals surface area contributed by atoms with Crippen molar-refractivity contribution in [3.05, 3.63) is 34.1 Å². The summed E-state index contributed by atoms with van der Waals surface area (Å²) >= 11 is 3.18. The predicted molar refractivity (Wildman–Crippen MR) is 81.2 cm³/mol. The summed E-state index contributed by atoms with van der Waals surface area (Å²) in [6.45, 7) is 3.63. The Bertz CT molecular complexity index is 520. The van der Waals surface area contributed by atoms with E-state index >= 15 is 0 Å². The lowest BCUT2D eigenvalue weighted by Crippen LogP contribution is -2.45. The molecule has 6 heteroatoms. The molecule has 0 aliphatic heterocycles. The van der Waals surface area contributed by atoms with Crippen LogP contribution in [0.3, 0.4) is 0 Å². The average Bonchev–Trinajstić information content (AvgIpc) is 2.42. The van der Waals surface area contributed by atoms with Gasteiger partial charge in [0.25, 0.3) is 0 Å². The van der Waals surface area contributed by atoms with Crippen LogP contribution in [0.5, 0.6) is 0 Å². The number of amides is 1. The van der Waals surface area contributed by atoms with E-state index in [9.17, 15) is 14.0 Å². The molecule has 4 nitrogen and oxygen atoms in total. The van der Waals surface area contributed by atoms with Crippen molar-refractivity contribution < 1.29 is 18.7 Å². The van der Waals surface area contributed by atoms with E-state index < -0.39 is 12.0 Å². The zero-order valence-corrected chi connectivity index (χ0v) is 13.9. The van der Waals surface area contributed by atoms with Crippen LogP contribution in [0.2, 0.25) is 0 Å². The van der Waals surface area contributed by atoms with Crippen molar-refractivity contribution in [3.8, 4) is 0 Å². The highest BCUT2D eigenvalue weighted by Crippen LogP contribution is 2.16. The van der Waals surface area contributed by atoms with Gasteiger partial charge in [-0.05, 0) is 30.0 Å². The summed E-state index contributed by atoms with van der Waals surface area (Å²) in [5, 5.41) is 2.62. The largest absolute Gasteiger partial charge is 0.467 e. The highest BCUT2D eigenvalue weighted by molar-refractivity contribution is 9.10. The first kappa shape index (κ1) is 17.6. The van der Waals surface area contributed by atoms with Crippen LogP contribution in [-0.2, 0) is 20.7 Å². The Hall–Kier alpha value is -1.43. The molecule has 1 unspecified atom stereocenters. The van der Waals surface area contributed by atoms with E-state index in [1.165, 1.54) is 13.2 Å². The second-order valence-electron chi connectivity index (χ2n) is 5.05. The third-order valence-electron chi connectivity index (χ3n) is 3.07. The lowest BCUT2D eigenvalue weighted by Gasteiger charge is -2.19. The minimum absolute atomic E-state index is 0.0779. The third kappa shape index (κ3) is 5.46. The first-order valence-electron chi connectivity index (χ1n) is 6.66. The van der Waals surface area contributed by atoms with Gasteiger partial charge in [0.15, 0.2) is 0 Å². The van der Waals surface area contributed by atoms with Crippen LogP contribution >= 0.6 is 15.9 Å². The Morgan fingerprint density at radius 2 is 2.05 bits per heavy atom. The van der Waals surface area contributed by atoms with Gasteiger partial charge in [-0.25, -0.2) is 9.18 Å². The molecule has 0 aliphatic rings. The Kier molecular flexibility index (Phi) is 6.81. The molecule has 0 saturated heterocycles. The van der Waals surface area contributed by atoms with E-state index in [-0.39, 0.29) is 30.5 Å². The fraction of sp³-hybridized carbons (Fsp3) is 0.467. The topological polar surface area (TPSA) is 55.4 Å². The zero-order chi connectivity index (χ0) is 16.0. The molecular weight excluding hydrogens is 341 g/mol. The molecule has 21 heavy (non-hydrogen) atoms. The molecule has 0 spiro atoms. The molecule has 116 valence electrons. The molecule has 0 radical (unpaired) electrons. The predicted octanol–water partition coefficient (Wildman–Crippen LogP) is 2.83. The molecule has 0 bridgehead atoms.